The molecule has 0 rings (SSSR count). The van der Waals surface area contributed by atoms with E-state index >= 15 is 0 Å². The van der Waals surface area contributed by atoms with E-state index in [0.29, 0.717) is 19.3 Å². The molecule has 0 heterocycles. The van der Waals surface area contributed by atoms with Gasteiger partial charge in [0.2, 0.25) is 0 Å². The van der Waals surface area contributed by atoms with Gasteiger partial charge in [-0.2, -0.15) is 0 Å². The highest BCUT2D eigenvalue weighted by atomic mass is 16.6. The lowest BCUT2D eigenvalue weighted by molar-refractivity contribution is -0.167. The second kappa shape index (κ2) is 59.7. The minimum Gasteiger partial charge on any atom is -0.462 e. The fourth-order valence-electron chi connectivity index (χ4n) is 9.74. The molecule has 0 fully saturated rings. The summed E-state index contributed by atoms with van der Waals surface area (Å²) in [5.41, 5.74) is 0. The number of hydrogen-bond acceptors (Lipinski definition) is 6. The monoisotopic (exact) mass is 987 g/mol. The molecule has 70 heavy (non-hydrogen) atoms. The average Bonchev–Trinajstić information content (AvgIpc) is 3.36. The molecule has 6 nitrogen and oxygen atoms in total. The second-order valence-electron chi connectivity index (χ2n) is 21.7. The molecule has 0 spiro atoms. The van der Waals surface area contributed by atoms with Crippen molar-refractivity contribution >= 4 is 17.9 Å². The van der Waals surface area contributed by atoms with E-state index in [-0.39, 0.29) is 31.1 Å². The van der Waals surface area contributed by atoms with Crippen molar-refractivity contribution in [1.29, 1.82) is 0 Å². The van der Waals surface area contributed by atoms with Crippen LogP contribution in [0.1, 0.15) is 361 Å². The molecule has 414 valence electrons. The highest BCUT2D eigenvalue weighted by Crippen LogP contribution is 2.18. The molecule has 1 atom stereocenters. The molecule has 0 bridgehead atoms. The number of hydrogen-bond donors (Lipinski definition) is 0. The summed E-state index contributed by atoms with van der Waals surface area (Å²) in [6.07, 6.45) is 69.3. The number of ether oxygens (including phenoxy) is 3. The Balaban J connectivity index is 4.29. The van der Waals surface area contributed by atoms with Gasteiger partial charge in [0.05, 0.1) is 0 Å². The van der Waals surface area contributed by atoms with E-state index in [4.69, 9.17) is 14.2 Å². The lowest BCUT2D eigenvalue weighted by Gasteiger charge is -2.18. The molecule has 0 saturated heterocycles. The minimum absolute atomic E-state index is 0.0648. The molecule has 0 aromatic carbocycles. The number of rotatable bonds is 59. The van der Waals surface area contributed by atoms with E-state index in [0.717, 1.165) is 57.8 Å². The van der Waals surface area contributed by atoms with Crippen LogP contribution >= 0.6 is 0 Å². The molecule has 0 amide bonds. The van der Waals surface area contributed by atoms with Gasteiger partial charge in [0.1, 0.15) is 13.2 Å². The van der Waals surface area contributed by atoms with Crippen molar-refractivity contribution in [1.82, 2.24) is 0 Å². The average molecular weight is 988 g/mol. The van der Waals surface area contributed by atoms with E-state index in [1.54, 1.807) is 0 Å². The lowest BCUT2D eigenvalue weighted by Crippen LogP contribution is -2.30. The van der Waals surface area contributed by atoms with Crippen molar-refractivity contribution in [2.24, 2.45) is 0 Å². The summed E-state index contributed by atoms with van der Waals surface area (Å²) >= 11 is 0. The van der Waals surface area contributed by atoms with E-state index in [1.165, 1.54) is 263 Å². The molecule has 0 aliphatic carbocycles. The molecular formula is C64H122O6. The topological polar surface area (TPSA) is 78.9 Å². The van der Waals surface area contributed by atoms with Gasteiger partial charge in [0.15, 0.2) is 6.10 Å². The predicted molar refractivity (Wildman–Crippen MR) is 303 cm³/mol. The Morgan fingerprint density at radius 3 is 0.714 bits per heavy atom. The van der Waals surface area contributed by atoms with Gasteiger partial charge in [-0.1, -0.05) is 309 Å². The third-order valence-corrected chi connectivity index (χ3v) is 14.5. The Bertz CT molecular complexity index is 1090. The number of esters is 3. The second-order valence-corrected chi connectivity index (χ2v) is 21.7. The van der Waals surface area contributed by atoms with Gasteiger partial charge in [-0.05, 0) is 44.9 Å². The van der Waals surface area contributed by atoms with Gasteiger partial charge in [0, 0.05) is 19.3 Å². The Morgan fingerprint density at radius 1 is 0.271 bits per heavy atom. The van der Waals surface area contributed by atoms with Gasteiger partial charge < -0.3 is 14.2 Å². The zero-order chi connectivity index (χ0) is 50.7. The first kappa shape index (κ1) is 68.2. The fraction of sp³-hybridized carbons (Fsp3) is 0.922. The molecule has 0 N–H and O–H groups in total. The van der Waals surface area contributed by atoms with Crippen molar-refractivity contribution in [2.45, 2.75) is 367 Å². The first-order valence-corrected chi connectivity index (χ1v) is 31.7. The maximum atomic E-state index is 12.9. The maximum Gasteiger partial charge on any atom is 0.306 e. The zero-order valence-electron chi connectivity index (χ0n) is 47.6. The largest absolute Gasteiger partial charge is 0.462 e. The van der Waals surface area contributed by atoms with Crippen molar-refractivity contribution in [3.63, 3.8) is 0 Å². The van der Waals surface area contributed by atoms with E-state index in [2.05, 4.69) is 32.9 Å². The molecule has 0 radical (unpaired) electrons. The fourth-order valence-corrected chi connectivity index (χ4v) is 9.74. The standard InChI is InChI=1S/C64H122O6/c1-4-7-10-13-16-19-22-25-28-30-32-34-36-39-42-45-48-51-54-57-63(66)69-60-61(59-68-62(65)56-53-50-47-44-41-38-27-24-21-18-15-12-9-6-3)70-64(67)58-55-52-49-46-43-40-37-35-33-31-29-26-23-20-17-14-11-8-5-2/h30,32,61H,4-29,31,33-60H2,1-3H3/b32-30-/t61-/m1/s1. The summed E-state index contributed by atoms with van der Waals surface area (Å²) in [5, 5.41) is 0. The summed E-state index contributed by atoms with van der Waals surface area (Å²) in [7, 11) is 0. The van der Waals surface area contributed by atoms with Crippen molar-refractivity contribution in [2.75, 3.05) is 13.2 Å². The van der Waals surface area contributed by atoms with Gasteiger partial charge in [-0.15, -0.1) is 0 Å². The quantitative estimate of drug-likeness (QED) is 0.0261. The Kier molecular flexibility index (Phi) is 58.1. The Labute approximate surface area is 437 Å². The maximum absolute atomic E-state index is 12.9. The first-order valence-electron chi connectivity index (χ1n) is 31.7. The highest BCUT2D eigenvalue weighted by molar-refractivity contribution is 5.71. The third kappa shape index (κ3) is 57.1. The summed E-state index contributed by atoms with van der Waals surface area (Å²) in [5.74, 6) is -0.839. The number of carbonyl (C=O) groups is 3. The van der Waals surface area contributed by atoms with Gasteiger partial charge in [0.25, 0.3) is 0 Å². The van der Waals surface area contributed by atoms with Crippen LogP contribution in [0.25, 0.3) is 0 Å². The van der Waals surface area contributed by atoms with Gasteiger partial charge in [-0.25, -0.2) is 0 Å². The number of unbranched alkanes of at least 4 members (excludes halogenated alkanes) is 46. The van der Waals surface area contributed by atoms with Crippen LogP contribution in [0.3, 0.4) is 0 Å². The van der Waals surface area contributed by atoms with Gasteiger partial charge >= 0.3 is 17.9 Å². The van der Waals surface area contributed by atoms with Crippen molar-refractivity contribution in [3.05, 3.63) is 12.2 Å². The van der Waals surface area contributed by atoms with Crippen LogP contribution in [-0.2, 0) is 28.6 Å². The molecular weight excluding hydrogens is 865 g/mol. The van der Waals surface area contributed by atoms with Crippen LogP contribution in [0.15, 0.2) is 12.2 Å². The molecule has 0 unspecified atom stereocenters. The van der Waals surface area contributed by atoms with Crippen LogP contribution in [0.4, 0.5) is 0 Å². The first-order chi connectivity index (χ1) is 34.5. The summed E-state index contributed by atoms with van der Waals surface area (Å²) < 4.78 is 16.9. The molecule has 0 aromatic rings. The number of carbonyl (C=O) groups excluding carboxylic acids is 3. The van der Waals surface area contributed by atoms with Crippen LogP contribution < -0.4 is 0 Å². The Morgan fingerprint density at radius 2 is 0.471 bits per heavy atom. The zero-order valence-corrected chi connectivity index (χ0v) is 47.6. The smallest absolute Gasteiger partial charge is 0.306 e. The molecule has 0 aliphatic heterocycles. The van der Waals surface area contributed by atoms with Crippen molar-refractivity contribution in [3.8, 4) is 0 Å². The molecule has 6 heteroatoms. The van der Waals surface area contributed by atoms with Crippen LogP contribution in [0.2, 0.25) is 0 Å². The highest BCUT2D eigenvalue weighted by Gasteiger charge is 2.19. The van der Waals surface area contributed by atoms with E-state index in [1.807, 2.05) is 0 Å². The number of allylic oxidation sites excluding steroid dienone is 2. The Hall–Kier alpha value is -1.85. The van der Waals surface area contributed by atoms with Crippen molar-refractivity contribution < 1.29 is 28.6 Å². The molecule has 0 aromatic heterocycles. The molecule has 0 aliphatic rings. The predicted octanol–water partition coefficient (Wildman–Crippen LogP) is 21.3. The van der Waals surface area contributed by atoms with Crippen LogP contribution in [0, 0.1) is 0 Å². The lowest BCUT2D eigenvalue weighted by atomic mass is 10.0. The van der Waals surface area contributed by atoms with E-state index in [9.17, 15) is 14.4 Å². The molecule has 0 saturated carbocycles. The van der Waals surface area contributed by atoms with Gasteiger partial charge in [-0.3, -0.25) is 14.4 Å². The summed E-state index contributed by atoms with van der Waals surface area (Å²) in [6, 6.07) is 0. The van der Waals surface area contributed by atoms with Crippen LogP contribution in [-0.4, -0.2) is 37.2 Å². The minimum atomic E-state index is -0.767. The summed E-state index contributed by atoms with van der Waals surface area (Å²) in [6.45, 7) is 6.71. The van der Waals surface area contributed by atoms with Crippen LogP contribution in [0.5, 0.6) is 0 Å². The summed E-state index contributed by atoms with van der Waals surface area (Å²) in [4.78, 5) is 38.3. The normalized spacial score (nSPS) is 12.0. The van der Waals surface area contributed by atoms with E-state index < -0.39 is 6.10 Å². The SMILES string of the molecule is CCCCCCCCCC/C=C\CCCCCCCCCC(=O)OC[C@@H](COC(=O)CCCCCCCCCCCCCCCC)OC(=O)CCCCCCCCCCCCCCCCCCCCC. The third-order valence-electron chi connectivity index (χ3n) is 14.5.